The van der Waals surface area contributed by atoms with Crippen molar-refractivity contribution < 1.29 is 19.0 Å². The number of rotatable bonds is 7. The molecule has 1 amide bonds. The molecule has 6 heteroatoms. The molecule has 0 unspecified atom stereocenters. The Bertz CT molecular complexity index is 985. The second-order valence-electron chi connectivity index (χ2n) is 6.32. The lowest BCUT2D eigenvalue weighted by Crippen LogP contribution is -2.13. The zero-order valence-electron chi connectivity index (χ0n) is 16.5. The summed E-state index contributed by atoms with van der Waals surface area (Å²) in [6, 6.07) is 18.5. The number of carbonyl (C=O) groups is 1. The topological polar surface area (TPSA) is 56.8 Å². The number of nitrogens with one attached hydrogen (secondary N) is 1. The molecule has 0 bridgehead atoms. The number of hydrogen-bond donors (Lipinski definition) is 1. The van der Waals surface area contributed by atoms with Gasteiger partial charge in [0, 0.05) is 11.3 Å². The minimum atomic E-state index is -0.223. The Hall–Kier alpha value is -2.74. The van der Waals surface area contributed by atoms with Gasteiger partial charge in [-0.1, -0.05) is 17.7 Å². The van der Waals surface area contributed by atoms with Crippen LogP contribution in [0.1, 0.15) is 22.8 Å². The third kappa shape index (κ3) is 5.41. The van der Waals surface area contributed by atoms with E-state index in [1.165, 1.54) is 5.56 Å². The Morgan fingerprint density at radius 3 is 2.21 bits per heavy atom. The number of ether oxygens (including phenoxy) is 3. The van der Waals surface area contributed by atoms with Crippen molar-refractivity contribution in [1.82, 2.24) is 0 Å². The van der Waals surface area contributed by atoms with Gasteiger partial charge >= 0.3 is 0 Å². The first-order valence-electron chi connectivity index (χ1n) is 9.16. The molecule has 0 spiro atoms. The molecule has 0 aliphatic heterocycles. The van der Waals surface area contributed by atoms with Crippen molar-refractivity contribution in [3.63, 3.8) is 0 Å². The predicted octanol–water partition coefficient (Wildman–Crippen LogP) is 6.05. The third-order valence-corrected chi connectivity index (χ3v) is 4.95. The number of halogens is 1. The smallest absolute Gasteiger partial charge is 0.255 e. The highest BCUT2D eigenvalue weighted by Gasteiger charge is 2.15. The second-order valence-corrected chi connectivity index (χ2v) is 7.48. The monoisotopic (exact) mass is 503 g/mol. The van der Waals surface area contributed by atoms with E-state index < -0.39 is 0 Å². The van der Waals surface area contributed by atoms with Crippen LogP contribution >= 0.6 is 22.6 Å². The molecule has 3 aromatic rings. The summed E-state index contributed by atoms with van der Waals surface area (Å²) in [5, 5.41) is 2.90. The maximum absolute atomic E-state index is 12.7. The molecule has 0 heterocycles. The molecule has 0 fully saturated rings. The second kappa shape index (κ2) is 9.65. The number of anilines is 1. The molecule has 0 atom stereocenters. The van der Waals surface area contributed by atoms with Crippen molar-refractivity contribution in [2.24, 2.45) is 0 Å². The summed E-state index contributed by atoms with van der Waals surface area (Å²) in [5.41, 5.74) is 2.35. The van der Waals surface area contributed by atoms with Crippen molar-refractivity contribution in [1.29, 1.82) is 0 Å². The molecule has 0 saturated heterocycles. The maximum Gasteiger partial charge on any atom is 0.255 e. The minimum Gasteiger partial charge on any atom is -0.492 e. The van der Waals surface area contributed by atoms with Gasteiger partial charge in [0.2, 0.25) is 0 Å². The largest absolute Gasteiger partial charge is 0.492 e. The molecule has 0 aromatic heterocycles. The van der Waals surface area contributed by atoms with Crippen molar-refractivity contribution in [3.05, 3.63) is 75.4 Å². The third-order valence-electron chi connectivity index (χ3n) is 4.14. The van der Waals surface area contributed by atoms with Crippen LogP contribution in [0.4, 0.5) is 5.69 Å². The lowest BCUT2D eigenvalue weighted by Gasteiger charge is -2.13. The molecule has 1 N–H and O–H groups in total. The van der Waals surface area contributed by atoms with Gasteiger partial charge in [-0.2, -0.15) is 0 Å². The zero-order chi connectivity index (χ0) is 20.8. The van der Waals surface area contributed by atoms with Crippen molar-refractivity contribution in [2.75, 3.05) is 19.0 Å². The van der Waals surface area contributed by atoms with Crippen LogP contribution < -0.4 is 19.5 Å². The van der Waals surface area contributed by atoms with E-state index in [1.807, 2.05) is 50.2 Å². The predicted molar refractivity (Wildman–Crippen MR) is 123 cm³/mol. The molecule has 29 heavy (non-hydrogen) atoms. The highest BCUT2D eigenvalue weighted by atomic mass is 127. The Labute approximate surface area is 184 Å². The Morgan fingerprint density at radius 1 is 1.00 bits per heavy atom. The van der Waals surface area contributed by atoms with E-state index >= 15 is 0 Å². The van der Waals surface area contributed by atoms with E-state index in [-0.39, 0.29) is 5.91 Å². The fraction of sp³-hybridized carbons (Fsp3) is 0.174. The molecule has 150 valence electrons. The van der Waals surface area contributed by atoms with Gasteiger partial charge in [-0.15, -0.1) is 0 Å². The average molecular weight is 503 g/mol. The quantitative estimate of drug-likeness (QED) is 0.399. The lowest BCUT2D eigenvalue weighted by molar-refractivity contribution is 0.102. The van der Waals surface area contributed by atoms with Crippen LogP contribution in [-0.4, -0.2) is 19.6 Å². The van der Waals surface area contributed by atoms with Gasteiger partial charge in [-0.25, -0.2) is 0 Å². The molecular formula is C23H22INO4. The van der Waals surface area contributed by atoms with Crippen LogP contribution in [0, 0.1) is 10.5 Å². The van der Waals surface area contributed by atoms with Gasteiger partial charge < -0.3 is 19.5 Å². The first kappa shape index (κ1) is 21.0. The highest BCUT2D eigenvalue weighted by Crippen LogP contribution is 2.34. The van der Waals surface area contributed by atoms with E-state index in [2.05, 4.69) is 27.9 Å². The summed E-state index contributed by atoms with van der Waals surface area (Å²) < 4.78 is 17.6. The zero-order valence-corrected chi connectivity index (χ0v) is 18.6. The van der Waals surface area contributed by atoms with E-state index in [0.717, 1.165) is 9.32 Å². The summed E-state index contributed by atoms with van der Waals surface area (Å²) in [6.07, 6.45) is 0. The summed E-state index contributed by atoms with van der Waals surface area (Å²) >= 11 is 2.13. The fourth-order valence-corrected chi connectivity index (χ4v) is 3.53. The molecule has 0 radical (unpaired) electrons. The van der Waals surface area contributed by atoms with Crippen molar-refractivity contribution in [3.8, 4) is 23.0 Å². The Morgan fingerprint density at radius 2 is 1.62 bits per heavy atom. The lowest BCUT2D eigenvalue weighted by atomic mass is 10.1. The molecule has 5 nitrogen and oxygen atoms in total. The van der Waals surface area contributed by atoms with E-state index in [0.29, 0.717) is 35.1 Å². The van der Waals surface area contributed by atoms with Crippen molar-refractivity contribution >= 4 is 34.2 Å². The molecule has 3 aromatic carbocycles. The van der Waals surface area contributed by atoms with E-state index in [4.69, 9.17) is 14.2 Å². The van der Waals surface area contributed by atoms with Gasteiger partial charge in [0.1, 0.15) is 11.5 Å². The van der Waals surface area contributed by atoms with Crippen LogP contribution in [0.2, 0.25) is 0 Å². The summed E-state index contributed by atoms with van der Waals surface area (Å²) in [4.78, 5) is 12.7. The molecule has 0 saturated carbocycles. The molecule has 0 aliphatic rings. The summed E-state index contributed by atoms with van der Waals surface area (Å²) in [5.74, 6) is 2.42. The number of benzene rings is 3. The van der Waals surface area contributed by atoms with E-state index in [9.17, 15) is 4.79 Å². The number of amides is 1. The van der Waals surface area contributed by atoms with Gasteiger partial charge in [0.15, 0.2) is 11.5 Å². The first-order chi connectivity index (χ1) is 14.0. The number of aryl methyl sites for hydroxylation is 1. The summed E-state index contributed by atoms with van der Waals surface area (Å²) in [6.45, 7) is 4.40. The summed E-state index contributed by atoms with van der Waals surface area (Å²) in [7, 11) is 1.58. The van der Waals surface area contributed by atoms with E-state index in [1.54, 1.807) is 31.4 Å². The van der Waals surface area contributed by atoms with Crippen molar-refractivity contribution in [2.45, 2.75) is 13.8 Å². The maximum atomic E-state index is 12.7. The molecule has 3 rings (SSSR count). The van der Waals surface area contributed by atoms with Gasteiger partial charge in [0.05, 0.1) is 17.3 Å². The Balaban J connectivity index is 1.71. The molecular weight excluding hydrogens is 481 g/mol. The normalized spacial score (nSPS) is 10.3. The van der Waals surface area contributed by atoms with Gasteiger partial charge in [-0.05, 0) is 85.0 Å². The van der Waals surface area contributed by atoms with Gasteiger partial charge in [-0.3, -0.25) is 4.79 Å². The van der Waals surface area contributed by atoms with Crippen LogP contribution in [0.3, 0.4) is 0 Å². The number of methoxy groups -OCH3 is 1. The van der Waals surface area contributed by atoms with Crippen LogP contribution in [-0.2, 0) is 0 Å². The van der Waals surface area contributed by atoms with Gasteiger partial charge in [0.25, 0.3) is 5.91 Å². The highest BCUT2D eigenvalue weighted by molar-refractivity contribution is 14.1. The fourth-order valence-electron chi connectivity index (χ4n) is 2.71. The number of carbonyl (C=O) groups excluding carboxylic acids is 1. The standard InChI is InChI=1S/C23H22INO4/c1-4-28-21-14-16(13-20(24)22(21)27-3)23(26)25-17-7-11-19(12-8-17)29-18-9-5-15(2)6-10-18/h5-14H,4H2,1-3H3,(H,25,26). The average Bonchev–Trinajstić information content (AvgIpc) is 2.71. The minimum absolute atomic E-state index is 0.223. The van der Waals surface area contributed by atoms with Crippen LogP contribution in [0.25, 0.3) is 0 Å². The van der Waals surface area contributed by atoms with Crippen LogP contribution in [0.5, 0.6) is 23.0 Å². The van der Waals surface area contributed by atoms with Crippen LogP contribution in [0.15, 0.2) is 60.7 Å². The molecule has 0 aliphatic carbocycles. The first-order valence-corrected chi connectivity index (χ1v) is 10.2. The number of hydrogen-bond acceptors (Lipinski definition) is 4. The Kier molecular flexibility index (Phi) is 6.98. The SMILES string of the molecule is CCOc1cc(C(=O)Nc2ccc(Oc3ccc(C)cc3)cc2)cc(I)c1OC.